The van der Waals surface area contributed by atoms with Crippen LogP contribution < -0.4 is 0 Å². The highest BCUT2D eigenvalue weighted by Gasteiger charge is 2.12. The van der Waals surface area contributed by atoms with Crippen LogP contribution in [-0.4, -0.2) is 5.11 Å². The summed E-state index contributed by atoms with van der Waals surface area (Å²) in [5, 5.41) is 10.5. The standard InChI is InChI=1S/C14H8BrFOS/c15-13-11-6-5-10(17)7-12(11)18-14(13)8-1-3-9(16)4-2-8/h1-7,17H. The summed E-state index contributed by atoms with van der Waals surface area (Å²) in [7, 11) is 0. The SMILES string of the molecule is Oc1ccc2c(Br)c(-c3ccc(F)cc3)sc2c1. The average molecular weight is 323 g/mol. The van der Waals surface area contributed by atoms with E-state index in [1.807, 2.05) is 6.07 Å². The van der Waals surface area contributed by atoms with E-state index in [0.717, 1.165) is 25.0 Å². The molecule has 0 bridgehead atoms. The molecule has 0 radical (unpaired) electrons. The van der Waals surface area contributed by atoms with Gasteiger partial charge in [-0.2, -0.15) is 0 Å². The van der Waals surface area contributed by atoms with Crippen LogP contribution in [0.3, 0.4) is 0 Å². The average Bonchev–Trinajstić information content (AvgIpc) is 2.67. The second-order valence-corrected chi connectivity index (χ2v) is 5.78. The van der Waals surface area contributed by atoms with Crippen LogP contribution in [0, 0.1) is 5.82 Å². The van der Waals surface area contributed by atoms with Crippen LogP contribution in [0.15, 0.2) is 46.9 Å². The van der Waals surface area contributed by atoms with Crippen molar-refractivity contribution < 1.29 is 9.50 Å². The lowest BCUT2D eigenvalue weighted by molar-refractivity contribution is 0.476. The third-order valence-corrected chi connectivity index (χ3v) is 5.01. The number of aromatic hydroxyl groups is 1. The van der Waals surface area contributed by atoms with Gasteiger partial charge in [-0.1, -0.05) is 12.1 Å². The molecular weight excluding hydrogens is 315 g/mol. The molecule has 2 aromatic carbocycles. The van der Waals surface area contributed by atoms with E-state index in [-0.39, 0.29) is 11.6 Å². The molecule has 1 nitrogen and oxygen atoms in total. The van der Waals surface area contributed by atoms with E-state index < -0.39 is 0 Å². The van der Waals surface area contributed by atoms with Crippen LogP contribution in [0.1, 0.15) is 0 Å². The predicted molar refractivity (Wildman–Crippen MR) is 76.6 cm³/mol. The van der Waals surface area contributed by atoms with Crippen LogP contribution >= 0.6 is 27.3 Å². The Morgan fingerprint density at radius 2 is 1.78 bits per heavy atom. The van der Waals surface area contributed by atoms with Gasteiger partial charge in [0.15, 0.2) is 0 Å². The van der Waals surface area contributed by atoms with Gasteiger partial charge in [0.1, 0.15) is 11.6 Å². The first-order valence-electron chi connectivity index (χ1n) is 5.32. The smallest absolute Gasteiger partial charge is 0.123 e. The second kappa shape index (κ2) is 4.37. The van der Waals surface area contributed by atoms with E-state index in [0.29, 0.717) is 0 Å². The van der Waals surface area contributed by atoms with Gasteiger partial charge in [0.2, 0.25) is 0 Å². The lowest BCUT2D eigenvalue weighted by Gasteiger charge is -1.98. The Labute approximate surface area is 116 Å². The Balaban J connectivity index is 2.23. The van der Waals surface area contributed by atoms with Gasteiger partial charge in [0.25, 0.3) is 0 Å². The number of rotatable bonds is 1. The molecule has 0 unspecified atom stereocenters. The first-order valence-corrected chi connectivity index (χ1v) is 6.93. The lowest BCUT2D eigenvalue weighted by Crippen LogP contribution is -1.75. The zero-order chi connectivity index (χ0) is 12.7. The van der Waals surface area contributed by atoms with Crippen LogP contribution in [-0.2, 0) is 0 Å². The maximum atomic E-state index is 12.9. The summed E-state index contributed by atoms with van der Waals surface area (Å²) in [5.41, 5.74) is 0.962. The van der Waals surface area contributed by atoms with Gasteiger partial charge in [-0.15, -0.1) is 11.3 Å². The van der Waals surface area contributed by atoms with E-state index >= 15 is 0 Å². The second-order valence-electron chi connectivity index (χ2n) is 3.93. The fraction of sp³-hybridized carbons (Fsp3) is 0. The Morgan fingerprint density at radius 1 is 1.06 bits per heavy atom. The first-order chi connectivity index (χ1) is 8.65. The molecule has 90 valence electrons. The van der Waals surface area contributed by atoms with E-state index in [1.165, 1.54) is 12.1 Å². The van der Waals surface area contributed by atoms with E-state index in [2.05, 4.69) is 15.9 Å². The first kappa shape index (κ1) is 11.7. The number of fused-ring (bicyclic) bond motifs is 1. The number of phenolic OH excluding ortho intramolecular Hbond substituents is 1. The molecular formula is C14H8BrFOS. The number of benzene rings is 2. The van der Waals surface area contributed by atoms with E-state index in [1.54, 1.807) is 35.6 Å². The van der Waals surface area contributed by atoms with Gasteiger partial charge >= 0.3 is 0 Å². The quantitative estimate of drug-likeness (QED) is 0.654. The van der Waals surface area contributed by atoms with Gasteiger partial charge in [0.05, 0.1) is 0 Å². The van der Waals surface area contributed by atoms with Crippen LogP contribution in [0.5, 0.6) is 5.75 Å². The molecule has 0 atom stereocenters. The molecule has 0 amide bonds. The third kappa shape index (κ3) is 1.91. The van der Waals surface area contributed by atoms with Gasteiger partial charge in [-0.25, -0.2) is 4.39 Å². The molecule has 1 aromatic heterocycles. The lowest BCUT2D eigenvalue weighted by atomic mass is 10.1. The Hall–Kier alpha value is -1.39. The zero-order valence-corrected chi connectivity index (χ0v) is 11.6. The fourth-order valence-corrected chi connectivity index (χ4v) is 3.92. The maximum absolute atomic E-state index is 12.9. The number of halogens is 2. The van der Waals surface area contributed by atoms with Crippen LogP contribution in [0.4, 0.5) is 4.39 Å². The molecule has 0 spiro atoms. The normalized spacial score (nSPS) is 11.0. The van der Waals surface area contributed by atoms with Gasteiger partial charge < -0.3 is 5.11 Å². The predicted octanol–water partition coefficient (Wildman–Crippen LogP) is 5.18. The molecule has 4 heteroatoms. The van der Waals surface area contributed by atoms with Crippen molar-refractivity contribution in [1.29, 1.82) is 0 Å². The van der Waals surface area contributed by atoms with Crippen molar-refractivity contribution in [2.24, 2.45) is 0 Å². The topological polar surface area (TPSA) is 20.2 Å². The summed E-state index contributed by atoms with van der Waals surface area (Å²) in [6, 6.07) is 11.7. The minimum atomic E-state index is -0.242. The van der Waals surface area contributed by atoms with Crippen molar-refractivity contribution in [2.45, 2.75) is 0 Å². The molecule has 0 aliphatic carbocycles. The number of hydrogen-bond donors (Lipinski definition) is 1. The number of hydrogen-bond acceptors (Lipinski definition) is 2. The summed E-state index contributed by atoms with van der Waals surface area (Å²) in [5.74, 6) is 0.00975. The largest absolute Gasteiger partial charge is 0.508 e. The third-order valence-electron chi connectivity index (χ3n) is 2.72. The zero-order valence-electron chi connectivity index (χ0n) is 9.15. The molecule has 3 aromatic rings. The Morgan fingerprint density at radius 3 is 2.50 bits per heavy atom. The summed E-state index contributed by atoms with van der Waals surface area (Å²) < 4.78 is 14.9. The van der Waals surface area contributed by atoms with Gasteiger partial charge in [-0.05, 0) is 51.8 Å². The minimum absolute atomic E-state index is 0.242. The molecule has 0 aliphatic heterocycles. The highest BCUT2D eigenvalue weighted by atomic mass is 79.9. The van der Waals surface area contributed by atoms with Crippen molar-refractivity contribution >= 4 is 37.4 Å². The van der Waals surface area contributed by atoms with Crippen molar-refractivity contribution in [3.63, 3.8) is 0 Å². The molecule has 1 N–H and O–H groups in total. The van der Waals surface area contributed by atoms with Crippen LogP contribution in [0.25, 0.3) is 20.5 Å². The van der Waals surface area contributed by atoms with Gasteiger partial charge in [0, 0.05) is 19.4 Å². The van der Waals surface area contributed by atoms with E-state index in [4.69, 9.17) is 0 Å². The van der Waals surface area contributed by atoms with E-state index in [9.17, 15) is 9.50 Å². The monoisotopic (exact) mass is 322 g/mol. The van der Waals surface area contributed by atoms with Crippen LogP contribution in [0.2, 0.25) is 0 Å². The number of thiophene rings is 1. The van der Waals surface area contributed by atoms with Gasteiger partial charge in [-0.3, -0.25) is 0 Å². The molecule has 0 saturated heterocycles. The maximum Gasteiger partial charge on any atom is 0.123 e. The summed E-state index contributed by atoms with van der Waals surface area (Å²) in [6.07, 6.45) is 0. The molecule has 0 aliphatic rings. The summed E-state index contributed by atoms with van der Waals surface area (Å²) in [4.78, 5) is 1.04. The minimum Gasteiger partial charge on any atom is -0.508 e. The van der Waals surface area contributed by atoms with Crippen molar-refractivity contribution in [3.05, 3.63) is 52.8 Å². The summed E-state index contributed by atoms with van der Waals surface area (Å²) >= 11 is 5.13. The Kier molecular flexibility index (Phi) is 2.84. The van der Waals surface area contributed by atoms with Crippen molar-refractivity contribution in [1.82, 2.24) is 0 Å². The Bertz CT molecular complexity index is 718. The van der Waals surface area contributed by atoms with Crippen molar-refractivity contribution in [3.8, 4) is 16.2 Å². The molecule has 3 rings (SSSR count). The fourth-order valence-electron chi connectivity index (χ4n) is 1.84. The molecule has 0 fully saturated rings. The number of phenols is 1. The highest BCUT2D eigenvalue weighted by Crippen LogP contribution is 2.43. The molecule has 1 heterocycles. The molecule has 18 heavy (non-hydrogen) atoms. The summed E-state index contributed by atoms with van der Waals surface area (Å²) in [6.45, 7) is 0. The molecule has 0 saturated carbocycles. The van der Waals surface area contributed by atoms with Crippen molar-refractivity contribution in [2.75, 3.05) is 0 Å². The highest BCUT2D eigenvalue weighted by molar-refractivity contribution is 9.10.